The van der Waals surface area contributed by atoms with Crippen LogP contribution < -0.4 is 16.0 Å². The molecule has 94 valence electrons. The Morgan fingerprint density at radius 2 is 1.94 bits per heavy atom. The smallest absolute Gasteiger partial charge is 0.239 e. The fourth-order valence-electron chi connectivity index (χ4n) is 1.23. The van der Waals surface area contributed by atoms with Gasteiger partial charge in [0.1, 0.15) is 18.0 Å². The highest BCUT2D eigenvalue weighted by molar-refractivity contribution is 5.80. The van der Waals surface area contributed by atoms with Gasteiger partial charge in [-0.15, -0.1) is 0 Å². The minimum atomic E-state index is -0.0471. The summed E-state index contributed by atoms with van der Waals surface area (Å²) in [6.07, 6.45) is 2.50. The Balaban J connectivity index is 2.45. The van der Waals surface area contributed by atoms with Crippen LogP contribution in [0.2, 0.25) is 0 Å². The minimum absolute atomic E-state index is 0.0471. The quantitative estimate of drug-likeness (QED) is 0.655. The van der Waals surface area contributed by atoms with Gasteiger partial charge in [-0.1, -0.05) is 6.92 Å². The third-order valence-corrected chi connectivity index (χ3v) is 2.03. The third kappa shape index (κ3) is 5.14. The van der Waals surface area contributed by atoms with Gasteiger partial charge in [0.05, 0.1) is 6.54 Å². The first kappa shape index (κ1) is 13.2. The number of hydrogen-bond acceptors (Lipinski definition) is 5. The van der Waals surface area contributed by atoms with Crippen molar-refractivity contribution in [2.75, 3.05) is 30.3 Å². The molecule has 0 saturated carbocycles. The molecule has 0 aliphatic carbocycles. The highest BCUT2D eigenvalue weighted by Crippen LogP contribution is 2.07. The molecule has 0 saturated heterocycles. The summed E-state index contributed by atoms with van der Waals surface area (Å²) in [5, 5.41) is 8.80. The van der Waals surface area contributed by atoms with E-state index in [1.807, 2.05) is 6.92 Å². The number of amides is 1. The van der Waals surface area contributed by atoms with Gasteiger partial charge in [-0.2, -0.15) is 0 Å². The summed E-state index contributed by atoms with van der Waals surface area (Å²) in [6.45, 7) is 5.69. The fourth-order valence-corrected chi connectivity index (χ4v) is 1.23. The number of hydrogen-bond donors (Lipinski definition) is 3. The summed E-state index contributed by atoms with van der Waals surface area (Å²) < 4.78 is 0. The molecule has 1 aromatic rings. The molecule has 0 atom stereocenters. The molecule has 6 nitrogen and oxygen atoms in total. The van der Waals surface area contributed by atoms with Gasteiger partial charge < -0.3 is 16.0 Å². The summed E-state index contributed by atoms with van der Waals surface area (Å²) in [6, 6.07) is 1.79. The van der Waals surface area contributed by atoms with E-state index < -0.39 is 0 Å². The van der Waals surface area contributed by atoms with Crippen LogP contribution in [0.5, 0.6) is 0 Å². The second-order valence-corrected chi connectivity index (χ2v) is 3.52. The molecule has 1 heterocycles. The second kappa shape index (κ2) is 7.43. The van der Waals surface area contributed by atoms with Crippen molar-refractivity contribution in [3.63, 3.8) is 0 Å². The first-order valence-corrected chi connectivity index (χ1v) is 5.82. The first-order valence-electron chi connectivity index (χ1n) is 5.82. The normalized spacial score (nSPS) is 9.76. The molecule has 6 heteroatoms. The molecule has 17 heavy (non-hydrogen) atoms. The molecular weight excluding hydrogens is 218 g/mol. The number of nitrogens with one attached hydrogen (secondary N) is 3. The van der Waals surface area contributed by atoms with Gasteiger partial charge in [0, 0.05) is 19.2 Å². The van der Waals surface area contributed by atoms with Crippen LogP contribution in [-0.2, 0) is 4.79 Å². The van der Waals surface area contributed by atoms with Gasteiger partial charge in [0.15, 0.2) is 0 Å². The summed E-state index contributed by atoms with van der Waals surface area (Å²) in [7, 11) is 0. The highest BCUT2D eigenvalue weighted by atomic mass is 16.1. The number of rotatable bonds is 7. The molecule has 3 N–H and O–H groups in total. The SMILES string of the molecule is CCCNc1cc(NCC(=O)NCC)ncn1. The molecule has 0 radical (unpaired) electrons. The number of nitrogens with zero attached hydrogens (tertiary/aromatic N) is 2. The molecular formula is C11H19N5O. The largest absolute Gasteiger partial charge is 0.370 e. The Kier molecular flexibility index (Phi) is 5.77. The van der Waals surface area contributed by atoms with E-state index in [-0.39, 0.29) is 12.5 Å². The van der Waals surface area contributed by atoms with E-state index in [2.05, 4.69) is 32.8 Å². The van der Waals surface area contributed by atoms with Gasteiger partial charge in [-0.25, -0.2) is 9.97 Å². The monoisotopic (exact) mass is 237 g/mol. The average Bonchev–Trinajstić information content (AvgIpc) is 2.35. The van der Waals surface area contributed by atoms with Gasteiger partial charge in [0.2, 0.25) is 5.91 Å². The van der Waals surface area contributed by atoms with Crippen LogP contribution in [0.3, 0.4) is 0 Å². The molecule has 1 rings (SSSR count). The van der Waals surface area contributed by atoms with Crippen molar-refractivity contribution in [3.05, 3.63) is 12.4 Å². The average molecular weight is 237 g/mol. The van der Waals surface area contributed by atoms with Crippen LogP contribution in [0.15, 0.2) is 12.4 Å². The van der Waals surface area contributed by atoms with Crippen molar-refractivity contribution in [2.24, 2.45) is 0 Å². The van der Waals surface area contributed by atoms with E-state index in [1.54, 1.807) is 6.07 Å². The highest BCUT2D eigenvalue weighted by Gasteiger charge is 2.01. The molecule has 0 aliphatic rings. The Morgan fingerprint density at radius 3 is 2.59 bits per heavy atom. The lowest BCUT2D eigenvalue weighted by Crippen LogP contribution is -2.29. The summed E-state index contributed by atoms with van der Waals surface area (Å²) in [5.41, 5.74) is 0. The number of likely N-dealkylation sites (N-methyl/N-ethyl adjacent to an activating group) is 1. The van der Waals surface area contributed by atoms with E-state index in [4.69, 9.17) is 0 Å². The van der Waals surface area contributed by atoms with Crippen LogP contribution in [-0.4, -0.2) is 35.5 Å². The Bertz CT molecular complexity index is 355. The lowest BCUT2D eigenvalue weighted by Gasteiger charge is -2.07. The predicted octanol–water partition coefficient (Wildman–Crippen LogP) is 0.846. The third-order valence-electron chi connectivity index (χ3n) is 2.03. The van der Waals surface area contributed by atoms with Crippen LogP contribution in [0, 0.1) is 0 Å². The van der Waals surface area contributed by atoms with Crippen molar-refractivity contribution in [1.29, 1.82) is 0 Å². The van der Waals surface area contributed by atoms with E-state index in [0.717, 1.165) is 18.8 Å². The second-order valence-electron chi connectivity index (χ2n) is 3.52. The molecule has 0 fully saturated rings. The number of aromatic nitrogens is 2. The zero-order chi connectivity index (χ0) is 12.5. The van der Waals surface area contributed by atoms with E-state index in [0.29, 0.717) is 12.4 Å². The van der Waals surface area contributed by atoms with Crippen molar-refractivity contribution in [3.8, 4) is 0 Å². The van der Waals surface area contributed by atoms with Gasteiger partial charge in [0.25, 0.3) is 0 Å². The maximum Gasteiger partial charge on any atom is 0.239 e. The molecule has 0 bridgehead atoms. The lowest BCUT2D eigenvalue weighted by atomic mass is 10.4. The Hall–Kier alpha value is -1.85. The topological polar surface area (TPSA) is 78.9 Å². The number of carbonyl (C=O) groups excluding carboxylic acids is 1. The van der Waals surface area contributed by atoms with E-state index in [1.165, 1.54) is 6.33 Å². The molecule has 0 unspecified atom stereocenters. The maximum absolute atomic E-state index is 11.2. The molecule has 0 aliphatic heterocycles. The molecule has 1 aromatic heterocycles. The van der Waals surface area contributed by atoms with Crippen molar-refractivity contribution in [1.82, 2.24) is 15.3 Å². The molecule has 0 aromatic carbocycles. The van der Waals surface area contributed by atoms with E-state index >= 15 is 0 Å². The Labute approximate surface area is 101 Å². The van der Waals surface area contributed by atoms with Crippen LogP contribution >= 0.6 is 0 Å². The molecule has 1 amide bonds. The number of carbonyl (C=O) groups is 1. The van der Waals surface area contributed by atoms with Crippen LogP contribution in [0.4, 0.5) is 11.6 Å². The summed E-state index contributed by atoms with van der Waals surface area (Å²) >= 11 is 0. The standard InChI is InChI=1S/C11H19N5O/c1-3-5-13-9-6-10(16-8-15-9)14-7-11(17)12-4-2/h6,8H,3-5,7H2,1-2H3,(H,12,17)(H2,13,14,15,16). The predicted molar refractivity (Wildman–Crippen MR) is 68.0 cm³/mol. The summed E-state index contributed by atoms with van der Waals surface area (Å²) in [4.78, 5) is 19.4. The summed E-state index contributed by atoms with van der Waals surface area (Å²) in [5.74, 6) is 1.36. The maximum atomic E-state index is 11.2. The van der Waals surface area contributed by atoms with Crippen molar-refractivity contribution >= 4 is 17.5 Å². The van der Waals surface area contributed by atoms with Crippen LogP contribution in [0.1, 0.15) is 20.3 Å². The van der Waals surface area contributed by atoms with Gasteiger partial charge >= 0.3 is 0 Å². The zero-order valence-corrected chi connectivity index (χ0v) is 10.3. The molecule has 0 spiro atoms. The minimum Gasteiger partial charge on any atom is -0.370 e. The van der Waals surface area contributed by atoms with Crippen LogP contribution in [0.25, 0.3) is 0 Å². The first-order chi connectivity index (χ1) is 8.26. The Morgan fingerprint density at radius 1 is 1.24 bits per heavy atom. The van der Waals surface area contributed by atoms with E-state index in [9.17, 15) is 4.79 Å². The van der Waals surface area contributed by atoms with Gasteiger partial charge in [-0.05, 0) is 13.3 Å². The van der Waals surface area contributed by atoms with Crippen molar-refractivity contribution in [2.45, 2.75) is 20.3 Å². The number of anilines is 2. The van der Waals surface area contributed by atoms with Gasteiger partial charge in [-0.3, -0.25) is 4.79 Å². The fraction of sp³-hybridized carbons (Fsp3) is 0.545. The zero-order valence-electron chi connectivity index (χ0n) is 10.3. The lowest BCUT2D eigenvalue weighted by molar-refractivity contribution is -0.119. The van der Waals surface area contributed by atoms with Crippen molar-refractivity contribution < 1.29 is 4.79 Å².